The molecule has 1 unspecified atom stereocenters. The van der Waals surface area contributed by atoms with Gasteiger partial charge in [0.25, 0.3) is 0 Å². The average Bonchev–Trinajstić information content (AvgIpc) is 2.74. The van der Waals surface area contributed by atoms with Crippen molar-refractivity contribution in [1.29, 1.82) is 0 Å². The van der Waals surface area contributed by atoms with E-state index >= 15 is 0 Å². The van der Waals surface area contributed by atoms with Crippen LogP contribution in [0.25, 0.3) is 0 Å². The Kier molecular flexibility index (Phi) is 6.34. The van der Waals surface area contributed by atoms with Gasteiger partial charge in [-0.2, -0.15) is 0 Å². The van der Waals surface area contributed by atoms with Crippen molar-refractivity contribution < 1.29 is 9.84 Å². The maximum atomic E-state index is 9.76. The number of hydrogen-bond acceptors (Lipinski definition) is 3. The van der Waals surface area contributed by atoms with Crippen molar-refractivity contribution in [3.05, 3.63) is 29.8 Å². The summed E-state index contributed by atoms with van der Waals surface area (Å²) in [5.74, 6) is 0.884. The van der Waals surface area contributed by atoms with Gasteiger partial charge in [0.1, 0.15) is 5.75 Å². The van der Waals surface area contributed by atoms with Crippen molar-refractivity contribution in [3.63, 3.8) is 0 Å². The molecule has 0 aromatic heterocycles. The fourth-order valence-corrected chi connectivity index (χ4v) is 3.03. The van der Waals surface area contributed by atoms with Crippen molar-refractivity contribution in [2.45, 2.75) is 57.5 Å². The summed E-state index contributed by atoms with van der Waals surface area (Å²) < 4.78 is 5.68. The summed E-state index contributed by atoms with van der Waals surface area (Å²) in [5, 5.41) is 13.4. The number of aliphatic hydroxyl groups is 1. The molecular formula is C17H27NO2. The zero-order valence-corrected chi connectivity index (χ0v) is 12.5. The van der Waals surface area contributed by atoms with Gasteiger partial charge in [0.05, 0.1) is 19.3 Å². The number of benzene rings is 1. The van der Waals surface area contributed by atoms with E-state index in [-0.39, 0.29) is 12.6 Å². The second-order valence-electron chi connectivity index (χ2n) is 5.56. The van der Waals surface area contributed by atoms with E-state index in [4.69, 9.17) is 4.74 Å². The van der Waals surface area contributed by atoms with Gasteiger partial charge in [-0.1, -0.05) is 43.9 Å². The first-order valence-electron chi connectivity index (χ1n) is 7.93. The van der Waals surface area contributed by atoms with Gasteiger partial charge >= 0.3 is 0 Å². The Morgan fingerprint density at radius 2 is 1.90 bits per heavy atom. The highest BCUT2D eigenvalue weighted by molar-refractivity contribution is 5.36. The second kappa shape index (κ2) is 8.28. The van der Waals surface area contributed by atoms with Gasteiger partial charge in [0.2, 0.25) is 0 Å². The highest BCUT2D eigenvalue weighted by Gasteiger charge is 2.20. The molecule has 112 valence electrons. The van der Waals surface area contributed by atoms with Crippen LogP contribution in [0, 0.1) is 0 Å². The molecular weight excluding hydrogens is 250 g/mol. The second-order valence-corrected chi connectivity index (χ2v) is 5.56. The molecule has 2 rings (SSSR count). The maximum Gasteiger partial charge on any atom is 0.124 e. The fraction of sp³-hybridized carbons (Fsp3) is 0.647. The van der Waals surface area contributed by atoms with Crippen molar-refractivity contribution in [1.82, 2.24) is 5.32 Å². The maximum absolute atomic E-state index is 9.76. The Morgan fingerprint density at radius 1 is 1.20 bits per heavy atom. The lowest BCUT2D eigenvalue weighted by atomic mass is 10.0. The molecule has 2 N–H and O–H groups in total. The highest BCUT2D eigenvalue weighted by atomic mass is 16.5. The third-order valence-corrected chi connectivity index (χ3v) is 4.07. The summed E-state index contributed by atoms with van der Waals surface area (Å²) in [6, 6.07) is 8.51. The van der Waals surface area contributed by atoms with Gasteiger partial charge in [-0.05, 0) is 25.8 Å². The molecule has 1 aliphatic rings. The SMILES string of the molecule is CCOc1ccccc1C(CO)NC1CCCCCC1. The van der Waals surface area contributed by atoms with Crippen LogP contribution in [0.4, 0.5) is 0 Å². The van der Waals surface area contributed by atoms with E-state index < -0.39 is 0 Å². The number of aliphatic hydroxyl groups excluding tert-OH is 1. The molecule has 3 heteroatoms. The van der Waals surface area contributed by atoms with Crippen LogP contribution >= 0.6 is 0 Å². The van der Waals surface area contributed by atoms with Crippen molar-refractivity contribution in [2.24, 2.45) is 0 Å². The van der Waals surface area contributed by atoms with Gasteiger partial charge in [-0.15, -0.1) is 0 Å². The van der Waals surface area contributed by atoms with Crippen LogP contribution in [0.3, 0.4) is 0 Å². The predicted molar refractivity (Wildman–Crippen MR) is 82.1 cm³/mol. The normalized spacial score (nSPS) is 18.5. The van der Waals surface area contributed by atoms with Crippen LogP contribution in [0.2, 0.25) is 0 Å². The smallest absolute Gasteiger partial charge is 0.124 e. The Balaban J connectivity index is 2.06. The molecule has 0 spiro atoms. The average molecular weight is 277 g/mol. The lowest BCUT2D eigenvalue weighted by Crippen LogP contribution is -2.34. The third-order valence-electron chi connectivity index (χ3n) is 4.07. The van der Waals surface area contributed by atoms with Crippen LogP contribution < -0.4 is 10.1 Å². The standard InChI is InChI=1S/C17H27NO2/c1-2-20-17-12-8-7-11-15(17)16(13-19)18-14-9-5-3-4-6-10-14/h7-8,11-12,14,16,18-19H,2-6,9-10,13H2,1H3. The third kappa shape index (κ3) is 4.22. The minimum Gasteiger partial charge on any atom is -0.494 e. The summed E-state index contributed by atoms with van der Waals surface area (Å²) in [7, 11) is 0. The van der Waals surface area contributed by atoms with Crippen molar-refractivity contribution in [3.8, 4) is 5.75 Å². The predicted octanol–water partition coefficient (Wildman–Crippen LogP) is 3.43. The van der Waals surface area contributed by atoms with Crippen LogP contribution in [-0.2, 0) is 0 Å². The number of para-hydroxylation sites is 1. The Bertz CT molecular complexity index is 386. The topological polar surface area (TPSA) is 41.5 Å². The molecule has 1 atom stereocenters. The molecule has 1 fully saturated rings. The van der Waals surface area contributed by atoms with E-state index in [1.165, 1.54) is 38.5 Å². The molecule has 3 nitrogen and oxygen atoms in total. The van der Waals surface area contributed by atoms with E-state index in [0.29, 0.717) is 12.6 Å². The first-order chi connectivity index (χ1) is 9.85. The first kappa shape index (κ1) is 15.3. The van der Waals surface area contributed by atoms with E-state index in [9.17, 15) is 5.11 Å². The lowest BCUT2D eigenvalue weighted by Gasteiger charge is -2.25. The minimum absolute atomic E-state index is 0.0270. The molecule has 20 heavy (non-hydrogen) atoms. The van der Waals surface area contributed by atoms with Gasteiger partial charge in [0, 0.05) is 11.6 Å². The van der Waals surface area contributed by atoms with Crippen LogP contribution in [0.15, 0.2) is 24.3 Å². The first-order valence-corrected chi connectivity index (χ1v) is 7.93. The molecule has 1 saturated carbocycles. The van der Waals surface area contributed by atoms with Crippen LogP contribution in [-0.4, -0.2) is 24.4 Å². The van der Waals surface area contributed by atoms with Gasteiger partial charge in [0.15, 0.2) is 0 Å². The quantitative estimate of drug-likeness (QED) is 0.783. The Hall–Kier alpha value is -1.06. The van der Waals surface area contributed by atoms with E-state index in [1.807, 2.05) is 25.1 Å². The van der Waals surface area contributed by atoms with Gasteiger partial charge in [-0.3, -0.25) is 0 Å². The number of ether oxygens (including phenoxy) is 1. The minimum atomic E-state index is -0.0270. The zero-order chi connectivity index (χ0) is 14.2. The monoisotopic (exact) mass is 277 g/mol. The van der Waals surface area contributed by atoms with Crippen molar-refractivity contribution in [2.75, 3.05) is 13.2 Å². The molecule has 0 bridgehead atoms. The highest BCUT2D eigenvalue weighted by Crippen LogP contribution is 2.27. The Morgan fingerprint density at radius 3 is 2.55 bits per heavy atom. The van der Waals surface area contributed by atoms with Crippen LogP contribution in [0.5, 0.6) is 5.75 Å². The molecule has 0 saturated heterocycles. The van der Waals surface area contributed by atoms with Gasteiger partial charge < -0.3 is 15.2 Å². The fourth-order valence-electron chi connectivity index (χ4n) is 3.03. The molecule has 1 aliphatic carbocycles. The number of hydrogen-bond donors (Lipinski definition) is 2. The molecule has 0 amide bonds. The molecule has 0 aliphatic heterocycles. The number of nitrogens with one attached hydrogen (secondary N) is 1. The summed E-state index contributed by atoms with van der Waals surface area (Å²) in [5.41, 5.74) is 1.07. The van der Waals surface area contributed by atoms with E-state index in [2.05, 4.69) is 11.4 Å². The largest absolute Gasteiger partial charge is 0.494 e. The van der Waals surface area contributed by atoms with Gasteiger partial charge in [-0.25, -0.2) is 0 Å². The summed E-state index contributed by atoms with van der Waals surface area (Å²) in [4.78, 5) is 0. The molecule has 0 radical (unpaired) electrons. The van der Waals surface area contributed by atoms with E-state index in [0.717, 1.165) is 11.3 Å². The molecule has 1 aromatic rings. The lowest BCUT2D eigenvalue weighted by molar-refractivity contribution is 0.223. The zero-order valence-electron chi connectivity index (χ0n) is 12.5. The summed E-state index contributed by atoms with van der Waals surface area (Å²) in [6.45, 7) is 2.75. The summed E-state index contributed by atoms with van der Waals surface area (Å²) >= 11 is 0. The summed E-state index contributed by atoms with van der Waals surface area (Å²) in [6.07, 6.45) is 7.71. The van der Waals surface area contributed by atoms with Crippen LogP contribution in [0.1, 0.15) is 57.1 Å². The van der Waals surface area contributed by atoms with E-state index in [1.54, 1.807) is 0 Å². The molecule has 1 aromatic carbocycles. The number of rotatable bonds is 6. The molecule has 0 heterocycles. The van der Waals surface area contributed by atoms with Crippen molar-refractivity contribution >= 4 is 0 Å². The Labute approximate surface area is 122 Å².